The first-order valence-corrected chi connectivity index (χ1v) is 8.77. The van der Waals surface area contributed by atoms with Crippen LogP contribution in [0, 0.1) is 17.1 Å². The molecule has 2 aromatic carbocycles. The van der Waals surface area contributed by atoms with Gasteiger partial charge in [-0.15, -0.1) is 5.10 Å². The van der Waals surface area contributed by atoms with Gasteiger partial charge in [0, 0.05) is 5.56 Å². The van der Waals surface area contributed by atoms with E-state index in [0.717, 1.165) is 11.3 Å². The van der Waals surface area contributed by atoms with Crippen LogP contribution >= 0.6 is 0 Å². The number of halogens is 1. The summed E-state index contributed by atoms with van der Waals surface area (Å²) in [5, 5.41) is 16.8. The quantitative estimate of drug-likeness (QED) is 0.721. The lowest BCUT2D eigenvalue weighted by Crippen LogP contribution is -2.21. The summed E-state index contributed by atoms with van der Waals surface area (Å²) in [5.74, 6) is 0.000326. The van der Waals surface area contributed by atoms with Gasteiger partial charge in [0.25, 0.3) is 0 Å². The van der Waals surface area contributed by atoms with E-state index in [1.807, 2.05) is 31.2 Å². The molecule has 0 saturated heterocycles. The molecule has 6 nitrogen and oxygen atoms in total. The number of aromatic amines is 1. The number of nitrogens with zero attached hydrogens (tertiary/aromatic N) is 2. The molecule has 0 radical (unpaired) electrons. The number of aromatic nitrogens is 2. The summed E-state index contributed by atoms with van der Waals surface area (Å²) in [4.78, 5) is 0. The zero-order valence-corrected chi connectivity index (χ0v) is 15.1. The van der Waals surface area contributed by atoms with E-state index in [1.165, 1.54) is 12.1 Å². The number of nitrogens with two attached hydrogens (primary N) is 1. The van der Waals surface area contributed by atoms with Gasteiger partial charge in [-0.25, -0.2) is 4.39 Å². The third-order valence-electron chi connectivity index (χ3n) is 4.57. The van der Waals surface area contributed by atoms with Crippen molar-refractivity contribution in [2.45, 2.75) is 12.8 Å². The van der Waals surface area contributed by atoms with Crippen LogP contribution in [0.15, 0.2) is 60.0 Å². The monoisotopic (exact) mass is 376 g/mol. The van der Waals surface area contributed by atoms with Crippen LogP contribution in [0.4, 0.5) is 4.39 Å². The van der Waals surface area contributed by atoms with Crippen molar-refractivity contribution in [3.63, 3.8) is 0 Å². The highest BCUT2D eigenvalue weighted by atomic mass is 19.1. The number of H-pyrrole nitrogens is 1. The van der Waals surface area contributed by atoms with Crippen molar-refractivity contribution in [1.82, 2.24) is 10.2 Å². The average molecular weight is 376 g/mol. The molecule has 3 aromatic rings. The van der Waals surface area contributed by atoms with Crippen LogP contribution in [0.2, 0.25) is 0 Å². The Balaban J connectivity index is 1.87. The van der Waals surface area contributed by atoms with Gasteiger partial charge in [-0.3, -0.25) is 5.10 Å². The van der Waals surface area contributed by atoms with Gasteiger partial charge in [0.05, 0.1) is 23.8 Å². The van der Waals surface area contributed by atoms with E-state index in [9.17, 15) is 9.65 Å². The Morgan fingerprint density at radius 1 is 1.29 bits per heavy atom. The third kappa shape index (κ3) is 2.95. The van der Waals surface area contributed by atoms with E-state index in [0.29, 0.717) is 23.4 Å². The predicted octanol–water partition coefficient (Wildman–Crippen LogP) is 3.83. The Hall–Kier alpha value is -3.79. The molecule has 140 valence electrons. The second-order valence-corrected chi connectivity index (χ2v) is 6.25. The first-order valence-electron chi connectivity index (χ1n) is 8.77. The number of nitrogens with one attached hydrogen (secondary N) is 1. The maximum absolute atomic E-state index is 13.9. The third-order valence-corrected chi connectivity index (χ3v) is 4.57. The minimum absolute atomic E-state index is 0.0333. The summed E-state index contributed by atoms with van der Waals surface area (Å²) in [6.45, 7) is 2.49. The highest BCUT2D eigenvalue weighted by Crippen LogP contribution is 2.45. The van der Waals surface area contributed by atoms with Gasteiger partial charge in [-0.1, -0.05) is 12.1 Å². The summed E-state index contributed by atoms with van der Waals surface area (Å²) < 4.78 is 24.9. The lowest BCUT2D eigenvalue weighted by atomic mass is 9.83. The Bertz CT molecular complexity index is 1100. The zero-order valence-electron chi connectivity index (χ0n) is 15.1. The van der Waals surface area contributed by atoms with Crippen LogP contribution in [-0.2, 0) is 0 Å². The van der Waals surface area contributed by atoms with Crippen LogP contribution < -0.4 is 15.2 Å². The highest BCUT2D eigenvalue weighted by Gasteiger charge is 2.35. The molecule has 1 aromatic heterocycles. The predicted molar refractivity (Wildman–Crippen MR) is 101 cm³/mol. The van der Waals surface area contributed by atoms with Gasteiger partial charge < -0.3 is 15.2 Å². The molecular formula is C21H17FN4O2. The first-order chi connectivity index (χ1) is 13.6. The number of fused-ring (bicyclic) bond motifs is 1. The van der Waals surface area contributed by atoms with Gasteiger partial charge in [0.15, 0.2) is 0 Å². The fraction of sp³-hybridized carbons (Fsp3) is 0.143. The fourth-order valence-electron chi connectivity index (χ4n) is 3.37. The summed E-state index contributed by atoms with van der Waals surface area (Å²) in [6.07, 6.45) is 0. The molecule has 1 aliphatic rings. The molecule has 0 fully saturated rings. The number of hydrogen-bond donors (Lipinski definition) is 2. The molecule has 2 heterocycles. The van der Waals surface area contributed by atoms with E-state index in [-0.39, 0.29) is 17.3 Å². The summed E-state index contributed by atoms with van der Waals surface area (Å²) in [5.41, 5.74) is 8.90. The molecule has 1 atom stereocenters. The second kappa shape index (κ2) is 7.08. The van der Waals surface area contributed by atoms with Crippen LogP contribution in [0.25, 0.3) is 11.3 Å². The standard InChI is InChI=1S/C21H17FN4O2/c1-2-27-15-8-6-12(7-9-15)19-18-17(13-4-3-5-14(22)10-13)16(11-23)20(24)28-21(18)26-25-19/h3-10,17H,2,24H2,1H3,(H,25,26)/t17-/m1/s1. The molecule has 0 aliphatic carbocycles. The molecule has 3 N–H and O–H groups in total. The number of allylic oxidation sites excluding steroid dienone is 1. The lowest BCUT2D eigenvalue weighted by Gasteiger charge is -2.24. The van der Waals surface area contributed by atoms with Crippen LogP contribution in [0.3, 0.4) is 0 Å². The molecule has 0 saturated carbocycles. The minimum Gasteiger partial charge on any atom is -0.494 e. The van der Waals surface area contributed by atoms with E-state index in [1.54, 1.807) is 12.1 Å². The smallest absolute Gasteiger partial charge is 0.244 e. The first kappa shape index (κ1) is 17.6. The molecule has 0 unspecified atom stereocenters. The number of hydrogen-bond acceptors (Lipinski definition) is 5. The molecule has 4 rings (SSSR count). The summed E-state index contributed by atoms with van der Waals surface area (Å²) >= 11 is 0. The highest BCUT2D eigenvalue weighted by molar-refractivity contribution is 5.71. The van der Waals surface area contributed by atoms with Crippen molar-refractivity contribution in [1.29, 1.82) is 5.26 Å². The maximum atomic E-state index is 13.9. The molecule has 0 spiro atoms. The van der Waals surface area contributed by atoms with E-state index in [4.69, 9.17) is 15.2 Å². The Labute approximate surface area is 161 Å². The van der Waals surface area contributed by atoms with Crippen molar-refractivity contribution >= 4 is 0 Å². The van der Waals surface area contributed by atoms with Gasteiger partial charge >= 0.3 is 0 Å². The van der Waals surface area contributed by atoms with Gasteiger partial charge in [-0.2, -0.15) is 5.26 Å². The van der Waals surface area contributed by atoms with Gasteiger partial charge in [-0.05, 0) is 48.9 Å². The molecule has 0 amide bonds. The molecular weight excluding hydrogens is 359 g/mol. The van der Waals surface area contributed by atoms with Crippen molar-refractivity contribution in [2.75, 3.05) is 6.61 Å². The largest absolute Gasteiger partial charge is 0.494 e. The topological polar surface area (TPSA) is 97.0 Å². The number of nitriles is 1. The summed E-state index contributed by atoms with van der Waals surface area (Å²) in [7, 11) is 0. The van der Waals surface area contributed by atoms with Crippen molar-refractivity contribution in [2.24, 2.45) is 5.73 Å². The van der Waals surface area contributed by atoms with Crippen molar-refractivity contribution in [3.8, 4) is 29.0 Å². The summed E-state index contributed by atoms with van der Waals surface area (Å²) in [6, 6.07) is 15.7. The van der Waals surface area contributed by atoms with E-state index < -0.39 is 11.7 Å². The average Bonchev–Trinajstić information content (AvgIpc) is 3.11. The number of ether oxygens (including phenoxy) is 2. The van der Waals surface area contributed by atoms with Crippen LogP contribution in [-0.4, -0.2) is 16.8 Å². The molecule has 7 heteroatoms. The minimum atomic E-state index is -0.593. The maximum Gasteiger partial charge on any atom is 0.244 e. The lowest BCUT2D eigenvalue weighted by molar-refractivity contribution is 0.340. The Morgan fingerprint density at radius 3 is 2.75 bits per heavy atom. The van der Waals surface area contributed by atoms with E-state index in [2.05, 4.69) is 16.3 Å². The second-order valence-electron chi connectivity index (χ2n) is 6.25. The van der Waals surface area contributed by atoms with Crippen molar-refractivity contribution in [3.05, 3.63) is 76.9 Å². The molecule has 28 heavy (non-hydrogen) atoms. The van der Waals surface area contributed by atoms with Gasteiger partial charge in [0.2, 0.25) is 11.8 Å². The Kier molecular flexibility index (Phi) is 4.45. The normalized spacial score (nSPS) is 15.5. The number of rotatable bonds is 4. The van der Waals surface area contributed by atoms with Gasteiger partial charge in [0.1, 0.15) is 23.2 Å². The SMILES string of the molecule is CCOc1ccc(-c2[nH]nc3c2[C@H](c2cccc(F)c2)C(C#N)=C(N)O3)cc1. The van der Waals surface area contributed by atoms with Crippen LogP contribution in [0.1, 0.15) is 24.0 Å². The molecule has 1 aliphatic heterocycles. The van der Waals surface area contributed by atoms with E-state index >= 15 is 0 Å². The molecule has 0 bridgehead atoms. The zero-order chi connectivity index (χ0) is 19.7. The van der Waals surface area contributed by atoms with Crippen LogP contribution in [0.5, 0.6) is 11.6 Å². The Morgan fingerprint density at radius 2 is 2.07 bits per heavy atom. The number of benzene rings is 2. The van der Waals surface area contributed by atoms with Crippen molar-refractivity contribution < 1.29 is 13.9 Å². The fourth-order valence-corrected chi connectivity index (χ4v) is 3.37.